The number of rotatable bonds is 7. The highest BCUT2D eigenvalue weighted by atomic mass is 16.5. The zero-order chi connectivity index (χ0) is 10.9. The van der Waals surface area contributed by atoms with Crippen LogP contribution < -0.4 is 0 Å². The number of unbranched alkanes of at least 4 members (excludes halogenated alkanes) is 2. The summed E-state index contributed by atoms with van der Waals surface area (Å²) in [6.07, 6.45) is 4.34. The maximum absolute atomic E-state index is 10.7. The highest BCUT2D eigenvalue weighted by Crippen LogP contribution is 2.03. The van der Waals surface area contributed by atoms with Crippen LogP contribution in [0.2, 0.25) is 0 Å². The molecule has 4 nitrogen and oxygen atoms in total. The van der Waals surface area contributed by atoms with Gasteiger partial charge in [-0.2, -0.15) is 0 Å². The van der Waals surface area contributed by atoms with Gasteiger partial charge in [-0.15, -0.1) is 0 Å². The van der Waals surface area contributed by atoms with E-state index in [0.717, 1.165) is 45.7 Å². The van der Waals surface area contributed by atoms with Crippen molar-refractivity contribution in [3.63, 3.8) is 0 Å². The molecule has 15 heavy (non-hydrogen) atoms. The number of nitrogens with zero attached hydrogens (tertiary/aromatic N) is 1. The van der Waals surface area contributed by atoms with E-state index in [4.69, 9.17) is 9.47 Å². The Bertz CT molecular complexity index is 200. The molecule has 1 aliphatic heterocycles. The molecule has 1 rings (SSSR count). The van der Waals surface area contributed by atoms with Gasteiger partial charge >= 0.3 is 5.97 Å². The maximum Gasteiger partial charge on any atom is 0.330 e. The van der Waals surface area contributed by atoms with Crippen LogP contribution in [0.1, 0.15) is 19.3 Å². The second-order valence-electron chi connectivity index (χ2n) is 3.59. The zero-order valence-electron chi connectivity index (χ0n) is 9.11. The molecule has 0 amide bonds. The van der Waals surface area contributed by atoms with Crippen LogP contribution in [0.4, 0.5) is 0 Å². The summed E-state index contributed by atoms with van der Waals surface area (Å²) >= 11 is 0. The molecule has 0 aromatic rings. The second-order valence-corrected chi connectivity index (χ2v) is 3.59. The quantitative estimate of drug-likeness (QED) is 0.361. The molecule has 1 aliphatic rings. The van der Waals surface area contributed by atoms with Crippen molar-refractivity contribution in [2.45, 2.75) is 19.3 Å². The van der Waals surface area contributed by atoms with Gasteiger partial charge in [-0.25, -0.2) is 4.79 Å². The molecule has 1 fully saturated rings. The highest BCUT2D eigenvalue weighted by molar-refractivity contribution is 5.81. The molecule has 1 heterocycles. The van der Waals surface area contributed by atoms with Gasteiger partial charge in [0, 0.05) is 19.2 Å². The van der Waals surface area contributed by atoms with E-state index in [9.17, 15) is 4.79 Å². The van der Waals surface area contributed by atoms with Crippen molar-refractivity contribution in [2.75, 3.05) is 33.0 Å². The summed E-state index contributed by atoms with van der Waals surface area (Å²) in [4.78, 5) is 13.0. The zero-order valence-corrected chi connectivity index (χ0v) is 9.11. The summed E-state index contributed by atoms with van der Waals surface area (Å²) in [5.74, 6) is -0.331. The minimum absolute atomic E-state index is 0.331. The number of hydrogen-bond donors (Lipinski definition) is 0. The summed E-state index contributed by atoms with van der Waals surface area (Å²) in [6.45, 7) is 7.59. The fourth-order valence-electron chi connectivity index (χ4n) is 1.47. The Labute approximate surface area is 90.8 Å². The summed E-state index contributed by atoms with van der Waals surface area (Å²) < 4.78 is 10.1. The van der Waals surface area contributed by atoms with Gasteiger partial charge in [0.1, 0.15) is 0 Å². The Morgan fingerprint density at radius 1 is 1.47 bits per heavy atom. The molecule has 0 saturated carbocycles. The van der Waals surface area contributed by atoms with Gasteiger partial charge in [-0.05, 0) is 19.3 Å². The molecule has 0 spiro atoms. The van der Waals surface area contributed by atoms with Gasteiger partial charge in [0.25, 0.3) is 0 Å². The fraction of sp³-hybridized carbons (Fsp3) is 0.727. The third kappa shape index (κ3) is 5.54. The number of hydrogen-bond acceptors (Lipinski definition) is 4. The topological polar surface area (TPSA) is 38.8 Å². The van der Waals surface area contributed by atoms with Gasteiger partial charge in [0.2, 0.25) is 0 Å². The molecule has 1 saturated heterocycles. The smallest absolute Gasteiger partial charge is 0.330 e. The summed E-state index contributed by atoms with van der Waals surface area (Å²) in [7, 11) is 0. The number of esters is 1. The second kappa shape index (κ2) is 7.43. The first-order valence-electron chi connectivity index (χ1n) is 5.42. The highest BCUT2D eigenvalue weighted by Gasteiger charge is 2.10. The maximum atomic E-state index is 10.7. The first-order chi connectivity index (χ1) is 7.33. The number of carbonyl (C=O) groups is 1. The molecule has 4 heteroatoms. The van der Waals surface area contributed by atoms with E-state index in [1.165, 1.54) is 6.08 Å². The van der Waals surface area contributed by atoms with Crippen molar-refractivity contribution in [1.82, 2.24) is 4.90 Å². The van der Waals surface area contributed by atoms with Gasteiger partial charge in [-0.1, -0.05) is 6.58 Å². The van der Waals surface area contributed by atoms with E-state index in [1.807, 2.05) is 0 Å². The van der Waals surface area contributed by atoms with E-state index in [-0.39, 0.29) is 5.97 Å². The summed E-state index contributed by atoms with van der Waals surface area (Å²) in [5.41, 5.74) is 0. The van der Waals surface area contributed by atoms with E-state index >= 15 is 0 Å². The van der Waals surface area contributed by atoms with E-state index in [0.29, 0.717) is 6.61 Å². The van der Waals surface area contributed by atoms with E-state index in [1.54, 1.807) is 0 Å². The normalized spacial score (nSPS) is 16.5. The van der Waals surface area contributed by atoms with Gasteiger partial charge < -0.3 is 9.47 Å². The molecule has 0 atom stereocenters. The van der Waals surface area contributed by atoms with Gasteiger partial charge in [-0.3, -0.25) is 4.90 Å². The lowest BCUT2D eigenvalue weighted by Gasteiger charge is -2.11. The van der Waals surface area contributed by atoms with Crippen LogP contribution in [0.15, 0.2) is 12.7 Å². The van der Waals surface area contributed by atoms with Crippen molar-refractivity contribution < 1.29 is 14.3 Å². The third-order valence-electron chi connectivity index (χ3n) is 2.36. The molecule has 0 radical (unpaired) electrons. The average molecular weight is 213 g/mol. The van der Waals surface area contributed by atoms with Crippen molar-refractivity contribution >= 4 is 5.97 Å². The largest absolute Gasteiger partial charge is 0.463 e. The minimum atomic E-state index is -0.331. The molecule has 0 unspecified atom stereocenters. The van der Waals surface area contributed by atoms with E-state index in [2.05, 4.69) is 11.5 Å². The number of carbonyl (C=O) groups excluding carboxylic acids is 1. The van der Waals surface area contributed by atoms with Crippen molar-refractivity contribution in [3.05, 3.63) is 12.7 Å². The summed E-state index contributed by atoms with van der Waals surface area (Å²) in [5, 5.41) is 0. The van der Waals surface area contributed by atoms with Gasteiger partial charge in [0.05, 0.1) is 19.9 Å². The molecule has 0 aliphatic carbocycles. The molecular weight excluding hydrogens is 194 g/mol. The van der Waals surface area contributed by atoms with Gasteiger partial charge in [0.15, 0.2) is 0 Å². The van der Waals surface area contributed by atoms with Crippen LogP contribution in [0, 0.1) is 0 Å². The van der Waals surface area contributed by atoms with Crippen LogP contribution in [0.5, 0.6) is 0 Å². The standard InChI is InChI=1S/C11H19NO3/c1-2-11(13)15-8-5-3-4-6-12-7-9-14-10-12/h2H,1,3-10H2. The molecule has 0 bridgehead atoms. The van der Waals surface area contributed by atoms with Crippen LogP contribution in [0.25, 0.3) is 0 Å². The Morgan fingerprint density at radius 2 is 2.33 bits per heavy atom. The predicted molar refractivity (Wildman–Crippen MR) is 57.4 cm³/mol. The predicted octanol–water partition coefficient (Wildman–Crippen LogP) is 1.18. The van der Waals surface area contributed by atoms with Crippen LogP contribution in [-0.2, 0) is 14.3 Å². The monoisotopic (exact) mass is 213 g/mol. The molecule has 0 aromatic heterocycles. The Balaban J connectivity index is 1.84. The fourth-order valence-corrected chi connectivity index (χ4v) is 1.47. The SMILES string of the molecule is C=CC(=O)OCCCCCN1CCOC1. The molecule has 86 valence electrons. The third-order valence-corrected chi connectivity index (χ3v) is 2.36. The number of ether oxygens (including phenoxy) is 2. The van der Waals surface area contributed by atoms with Crippen LogP contribution in [-0.4, -0.2) is 43.9 Å². The summed E-state index contributed by atoms with van der Waals surface area (Å²) in [6, 6.07) is 0. The van der Waals surface area contributed by atoms with Crippen molar-refractivity contribution in [2.24, 2.45) is 0 Å². The lowest BCUT2D eigenvalue weighted by atomic mass is 10.2. The van der Waals surface area contributed by atoms with Crippen molar-refractivity contribution in [3.8, 4) is 0 Å². The average Bonchev–Trinajstić information content (AvgIpc) is 2.75. The van der Waals surface area contributed by atoms with Crippen molar-refractivity contribution in [1.29, 1.82) is 0 Å². The Hall–Kier alpha value is -0.870. The molecule has 0 N–H and O–H groups in total. The van der Waals surface area contributed by atoms with E-state index < -0.39 is 0 Å². The Morgan fingerprint density at radius 3 is 3.00 bits per heavy atom. The lowest BCUT2D eigenvalue weighted by Crippen LogP contribution is -2.21. The molecular formula is C11H19NO3. The minimum Gasteiger partial charge on any atom is -0.463 e. The molecule has 0 aromatic carbocycles. The lowest BCUT2D eigenvalue weighted by molar-refractivity contribution is -0.137. The van der Waals surface area contributed by atoms with Crippen LogP contribution in [0.3, 0.4) is 0 Å². The Kier molecular flexibility index (Phi) is 6.04. The first kappa shape index (κ1) is 12.2. The first-order valence-corrected chi connectivity index (χ1v) is 5.42. The van der Waals surface area contributed by atoms with Crippen LogP contribution >= 0.6 is 0 Å².